The summed E-state index contributed by atoms with van der Waals surface area (Å²) in [6, 6.07) is 1.86. The second-order valence-electron chi connectivity index (χ2n) is 5.94. The summed E-state index contributed by atoms with van der Waals surface area (Å²) >= 11 is 0. The Morgan fingerprint density at radius 1 is 1.42 bits per heavy atom. The van der Waals surface area contributed by atoms with E-state index < -0.39 is 0 Å². The number of nitrogens with one attached hydrogen (secondary N) is 1. The minimum atomic E-state index is 0. The maximum absolute atomic E-state index is 12.5. The molecule has 0 aliphatic carbocycles. The van der Waals surface area contributed by atoms with Gasteiger partial charge in [-0.1, -0.05) is 5.16 Å². The number of aryl methyl sites for hydroxylation is 2. The molecule has 0 spiro atoms. The quantitative estimate of drug-likeness (QED) is 0.407. The van der Waals surface area contributed by atoms with Gasteiger partial charge in [0.2, 0.25) is 5.91 Å². The van der Waals surface area contributed by atoms with Crippen molar-refractivity contribution in [3.63, 3.8) is 0 Å². The van der Waals surface area contributed by atoms with Crippen LogP contribution in [0.25, 0.3) is 0 Å². The molecular weight excluding hydrogens is 449 g/mol. The van der Waals surface area contributed by atoms with Gasteiger partial charge < -0.3 is 19.6 Å². The molecule has 0 atom stereocenters. The molecule has 1 aliphatic rings. The molecule has 26 heavy (non-hydrogen) atoms. The summed E-state index contributed by atoms with van der Waals surface area (Å²) in [6.07, 6.45) is 3.55. The molecule has 1 aliphatic heterocycles. The zero-order valence-corrected chi connectivity index (χ0v) is 17.5. The molecular formula is C16H24IN7O2. The highest BCUT2D eigenvalue weighted by molar-refractivity contribution is 14.0. The third kappa shape index (κ3) is 4.74. The molecule has 0 unspecified atom stereocenters. The van der Waals surface area contributed by atoms with Crippen LogP contribution in [-0.2, 0) is 18.4 Å². The van der Waals surface area contributed by atoms with Crippen molar-refractivity contribution >= 4 is 41.5 Å². The molecule has 9 nitrogen and oxygen atoms in total. The Hall–Kier alpha value is -2.11. The van der Waals surface area contributed by atoms with Crippen molar-refractivity contribution in [3.8, 4) is 0 Å². The summed E-state index contributed by atoms with van der Waals surface area (Å²) in [7, 11) is 1.84. The summed E-state index contributed by atoms with van der Waals surface area (Å²) in [5, 5.41) is 11.2. The van der Waals surface area contributed by atoms with E-state index in [1.165, 1.54) is 0 Å². The van der Waals surface area contributed by atoms with Crippen molar-refractivity contribution in [2.24, 2.45) is 12.0 Å². The molecule has 2 aromatic heterocycles. The number of piperazine rings is 1. The van der Waals surface area contributed by atoms with Gasteiger partial charge in [0, 0.05) is 38.9 Å². The van der Waals surface area contributed by atoms with E-state index in [1.54, 1.807) is 15.8 Å². The molecule has 1 amide bonds. The molecule has 0 saturated carbocycles. The molecule has 1 fully saturated rings. The lowest BCUT2D eigenvalue weighted by Gasteiger charge is -2.35. The third-order valence-corrected chi connectivity index (χ3v) is 3.92. The van der Waals surface area contributed by atoms with Crippen LogP contribution in [0.2, 0.25) is 0 Å². The first-order chi connectivity index (χ1) is 12.1. The first-order valence-corrected chi connectivity index (χ1v) is 8.31. The van der Waals surface area contributed by atoms with Crippen molar-refractivity contribution in [2.75, 3.05) is 31.1 Å². The predicted octanol–water partition coefficient (Wildman–Crippen LogP) is 1.15. The number of rotatable bonds is 4. The van der Waals surface area contributed by atoms with Crippen LogP contribution in [0.1, 0.15) is 18.4 Å². The summed E-state index contributed by atoms with van der Waals surface area (Å²) in [4.78, 5) is 20.8. The van der Waals surface area contributed by atoms with Gasteiger partial charge in [0.25, 0.3) is 0 Å². The second-order valence-corrected chi connectivity index (χ2v) is 5.94. The van der Waals surface area contributed by atoms with Crippen LogP contribution >= 0.6 is 24.0 Å². The van der Waals surface area contributed by atoms with Crippen LogP contribution in [0.5, 0.6) is 0 Å². The number of nitrogens with zero attached hydrogens (tertiary/aromatic N) is 6. The fraction of sp³-hybridized carbons (Fsp3) is 0.500. The van der Waals surface area contributed by atoms with Gasteiger partial charge in [-0.2, -0.15) is 5.10 Å². The summed E-state index contributed by atoms with van der Waals surface area (Å²) in [6.45, 7) is 6.56. The number of anilines is 1. The van der Waals surface area contributed by atoms with E-state index in [-0.39, 0.29) is 36.4 Å². The number of hydrogen-bond donors (Lipinski definition) is 1. The first kappa shape index (κ1) is 20.2. The number of aliphatic imine (C=N–C) groups is 1. The van der Waals surface area contributed by atoms with Gasteiger partial charge in [-0.15, -0.1) is 24.0 Å². The largest absolute Gasteiger partial charge is 0.359 e. The lowest BCUT2D eigenvalue weighted by atomic mass is 10.3. The Balaban J connectivity index is 0.00000243. The van der Waals surface area contributed by atoms with Crippen LogP contribution in [0.3, 0.4) is 0 Å². The monoisotopic (exact) mass is 473 g/mol. The number of hydrogen-bond acceptors (Lipinski definition) is 5. The molecule has 3 rings (SSSR count). The van der Waals surface area contributed by atoms with Gasteiger partial charge in [0.15, 0.2) is 11.7 Å². The number of carbonyl (C=O) groups is 1. The number of aromatic nitrogens is 3. The van der Waals surface area contributed by atoms with Crippen LogP contribution < -0.4 is 10.2 Å². The minimum Gasteiger partial charge on any atom is -0.359 e. The van der Waals surface area contributed by atoms with E-state index in [0.717, 1.165) is 17.9 Å². The second kappa shape index (κ2) is 9.01. The van der Waals surface area contributed by atoms with Crippen LogP contribution in [0.15, 0.2) is 28.0 Å². The predicted molar refractivity (Wildman–Crippen MR) is 109 cm³/mol. The smallest absolute Gasteiger partial charge is 0.246 e. The molecule has 0 radical (unpaired) electrons. The van der Waals surface area contributed by atoms with Gasteiger partial charge in [0.1, 0.15) is 13.1 Å². The van der Waals surface area contributed by atoms with E-state index in [4.69, 9.17) is 4.52 Å². The fourth-order valence-corrected chi connectivity index (χ4v) is 2.74. The van der Waals surface area contributed by atoms with Crippen molar-refractivity contribution in [3.05, 3.63) is 29.9 Å². The van der Waals surface area contributed by atoms with E-state index in [0.29, 0.717) is 31.4 Å². The van der Waals surface area contributed by atoms with Crippen molar-refractivity contribution in [2.45, 2.75) is 20.4 Å². The lowest BCUT2D eigenvalue weighted by molar-refractivity contribution is -0.120. The molecule has 3 heterocycles. The summed E-state index contributed by atoms with van der Waals surface area (Å²) in [5.41, 5.74) is 1.65. The highest BCUT2D eigenvalue weighted by Crippen LogP contribution is 2.16. The molecule has 142 valence electrons. The zero-order chi connectivity index (χ0) is 17.8. The van der Waals surface area contributed by atoms with Gasteiger partial charge in [0.05, 0.1) is 17.6 Å². The molecule has 1 N–H and O–H groups in total. The molecule has 0 aromatic carbocycles. The first-order valence-electron chi connectivity index (χ1n) is 8.31. The standard InChI is InChI=1S/C16H23N7O2.HI/c1-4-17-16(18-9-14-7-12(2)20-25-14)22-5-6-23(15(24)11-22)13-8-19-21(3)10-13;/h7-8,10H,4-6,9,11H2,1-3H3,(H,17,18);1H. The maximum Gasteiger partial charge on any atom is 0.246 e. The molecule has 0 bridgehead atoms. The SMILES string of the molecule is CCNC(=NCc1cc(C)no1)N1CCN(c2cnn(C)c2)C(=O)C1.I. The number of halogens is 1. The van der Waals surface area contributed by atoms with Crippen molar-refractivity contribution in [1.29, 1.82) is 0 Å². The zero-order valence-electron chi connectivity index (χ0n) is 15.2. The Morgan fingerprint density at radius 2 is 2.23 bits per heavy atom. The highest BCUT2D eigenvalue weighted by Gasteiger charge is 2.27. The number of guanidine groups is 1. The Kier molecular flexibility index (Phi) is 7.00. The van der Waals surface area contributed by atoms with E-state index >= 15 is 0 Å². The molecule has 10 heteroatoms. The molecule has 1 saturated heterocycles. The number of amides is 1. The summed E-state index contributed by atoms with van der Waals surface area (Å²) in [5.74, 6) is 1.43. The van der Waals surface area contributed by atoms with Crippen LogP contribution in [0.4, 0.5) is 5.69 Å². The van der Waals surface area contributed by atoms with Gasteiger partial charge in [-0.3, -0.25) is 9.48 Å². The van der Waals surface area contributed by atoms with Gasteiger partial charge in [-0.25, -0.2) is 4.99 Å². The average molecular weight is 473 g/mol. The third-order valence-electron chi connectivity index (χ3n) is 3.92. The normalized spacial score (nSPS) is 15.2. The average Bonchev–Trinajstić information content (AvgIpc) is 3.19. The van der Waals surface area contributed by atoms with E-state index in [1.807, 2.05) is 38.1 Å². The Labute approximate surface area is 169 Å². The highest BCUT2D eigenvalue weighted by atomic mass is 127. The Morgan fingerprint density at radius 3 is 2.81 bits per heavy atom. The van der Waals surface area contributed by atoms with E-state index in [9.17, 15) is 4.79 Å². The van der Waals surface area contributed by atoms with Crippen LogP contribution in [-0.4, -0.2) is 57.9 Å². The van der Waals surface area contributed by atoms with E-state index in [2.05, 4.69) is 20.6 Å². The van der Waals surface area contributed by atoms with Crippen molar-refractivity contribution in [1.82, 2.24) is 25.2 Å². The van der Waals surface area contributed by atoms with Crippen molar-refractivity contribution < 1.29 is 9.32 Å². The fourth-order valence-electron chi connectivity index (χ4n) is 2.74. The number of carbonyl (C=O) groups excluding carboxylic acids is 1. The van der Waals surface area contributed by atoms with Gasteiger partial charge in [-0.05, 0) is 13.8 Å². The summed E-state index contributed by atoms with van der Waals surface area (Å²) < 4.78 is 6.89. The minimum absolute atomic E-state index is 0. The Bertz CT molecular complexity index is 770. The molecule has 2 aromatic rings. The van der Waals surface area contributed by atoms with Gasteiger partial charge >= 0.3 is 0 Å². The van der Waals surface area contributed by atoms with Crippen LogP contribution in [0, 0.1) is 6.92 Å². The topological polar surface area (TPSA) is 91.8 Å². The lowest BCUT2D eigenvalue weighted by Crippen LogP contribution is -2.55. The maximum atomic E-state index is 12.5.